The van der Waals surface area contributed by atoms with E-state index in [-0.39, 0.29) is 12.2 Å². The molecule has 0 aliphatic carbocycles. The van der Waals surface area contributed by atoms with Crippen LogP contribution in [-0.4, -0.2) is 30.3 Å². The van der Waals surface area contributed by atoms with Crippen LogP contribution >= 0.6 is 11.6 Å². The van der Waals surface area contributed by atoms with Crippen LogP contribution in [0.5, 0.6) is 0 Å². The van der Waals surface area contributed by atoms with Crippen molar-refractivity contribution in [2.24, 2.45) is 0 Å². The van der Waals surface area contributed by atoms with E-state index in [1.807, 2.05) is 6.92 Å². The first kappa shape index (κ1) is 17.0. The highest BCUT2D eigenvalue weighted by Crippen LogP contribution is 2.08. The smallest absolute Gasteiger partial charge is 0.407 e. The van der Waals surface area contributed by atoms with Gasteiger partial charge in [0.1, 0.15) is 0 Å². The fraction of sp³-hybridized carbons (Fsp3) is 0.357. The third kappa shape index (κ3) is 6.27. The summed E-state index contributed by atoms with van der Waals surface area (Å²) in [7, 11) is 0. The van der Waals surface area contributed by atoms with Crippen molar-refractivity contribution in [1.82, 2.24) is 0 Å². The van der Waals surface area contributed by atoms with Gasteiger partial charge in [-0.05, 0) is 18.6 Å². The number of benzene rings is 1. The van der Waals surface area contributed by atoms with Gasteiger partial charge >= 0.3 is 23.7 Å². The van der Waals surface area contributed by atoms with Crippen molar-refractivity contribution in [3.8, 4) is 0 Å². The monoisotopic (exact) mass is 314 g/mol. The summed E-state index contributed by atoms with van der Waals surface area (Å²) in [5.41, 5.74) is -1.07. The molecule has 0 aromatic heterocycles. The van der Waals surface area contributed by atoms with Crippen molar-refractivity contribution >= 4 is 29.0 Å². The number of carbonyl (C=O) groups excluding carboxylic acids is 3. The van der Waals surface area contributed by atoms with Crippen molar-refractivity contribution in [1.29, 1.82) is 0 Å². The van der Waals surface area contributed by atoms with Gasteiger partial charge in [0.05, 0.1) is 12.2 Å². The number of ether oxygens (including phenoxy) is 3. The molecule has 0 aliphatic heterocycles. The molecule has 1 aromatic rings. The molecule has 1 aromatic carbocycles. The van der Waals surface area contributed by atoms with Gasteiger partial charge in [0.2, 0.25) is 0 Å². The van der Waals surface area contributed by atoms with Crippen molar-refractivity contribution in [2.45, 2.75) is 26.1 Å². The summed E-state index contributed by atoms with van der Waals surface area (Å²) in [6.45, 7) is 2.05. The van der Waals surface area contributed by atoms with Gasteiger partial charge in [-0.2, -0.15) is 0 Å². The Morgan fingerprint density at radius 1 is 1.14 bits per heavy atom. The molecule has 21 heavy (non-hydrogen) atoms. The first-order valence-electron chi connectivity index (χ1n) is 6.33. The molecule has 1 rings (SSSR count). The third-order valence-electron chi connectivity index (χ3n) is 2.36. The average molecular weight is 315 g/mol. The highest BCUT2D eigenvalue weighted by atomic mass is 35.5. The van der Waals surface area contributed by atoms with Gasteiger partial charge in [0.25, 0.3) is 0 Å². The summed E-state index contributed by atoms with van der Waals surface area (Å²) < 4.78 is 14.1. The Labute approximate surface area is 126 Å². The first-order chi connectivity index (χ1) is 10.0. The lowest BCUT2D eigenvalue weighted by molar-refractivity contribution is -0.173. The molecule has 0 N–H and O–H groups in total. The number of hydrogen-bond acceptors (Lipinski definition) is 6. The number of carbonyl (C=O) groups is 3. The van der Waals surface area contributed by atoms with E-state index in [0.717, 1.165) is 6.42 Å². The molecule has 0 fully saturated rings. The van der Waals surface area contributed by atoms with Gasteiger partial charge in [0, 0.05) is 11.6 Å². The molecule has 6 nitrogen and oxygen atoms in total. The highest BCUT2D eigenvalue weighted by molar-refractivity contribution is 6.61. The number of esters is 2. The number of halogens is 1. The van der Waals surface area contributed by atoms with Crippen molar-refractivity contribution in [2.75, 3.05) is 6.61 Å². The molecule has 0 saturated heterocycles. The Hall–Kier alpha value is -2.08. The second-order valence-corrected chi connectivity index (χ2v) is 4.29. The number of hydrogen-bond donors (Lipinski definition) is 0. The average Bonchev–Trinajstić information content (AvgIpc) is 2.47. The molecule has 1 unspecified atom stereocenters. The molecule has 114 valence electrons. The SMILES string of the molecule is CCCCOC(=O)C(OC(=O)Cl)OC(=O)c1ccccc1. The van der Waals surface area contributed by atoms with Crippen LogP contribution in [0.2, 0.25) is 0 Å². The van der Waals surface area contributed by atoms with Crippen LogP contribution in [0.1, 0.15) is 30.1 Å². The molecule has 0 amide bonds. The zero-order chi connectivity index (χ0) is 15.7. The zero-order valence-electron chi connectivity index (χ0n) is 11.4. The largest absolute Gasteiger partial charge is 0.460 e. The molecule has 1 atom stereocenters. The Bertz CT molecular complexity index is 487. The third-order valence-corrected chi connectivity index (χ3v) is 2.45. The maximum Gasteiger partial charge on any atom is 0.407 e. The molecule has 0 aliphatic rings. The van der Waals surface area contributed by atoms with Crippen LogP contribution in [-0.2, 0) is 19.0 Å². The van der Waals surface area contributed by atoms with E-state index < -0.39 is 23.7 Å². The van der Waals surface area contributed by atoms with Crippen LogP contribution in [0, 0.1) is 0 Å². The highest BCUT2D eigenvalue weighted by Gasteiger charge is 2.28. The molecule has 0 radical (unpaired) electrons. The topological polar surface area (TPSA) is 78.9 Å². The number of unbranched alkanes of at least 4 members (excludes halogenated alkanes) is 1. The Morgan fingerprint density at radius 3 is 2.38 bits per heavy atom. The maximum absolute atomic E-state index is 11.8. The van der Waals surface area contributed by atoms with Crippen molar-refractivity contribution in [3.63, 3.8) is 0 Å². The number of rotatable bonds is 7. The van der Waals surface area contributed by atoms with E-state index in [0.29, 0.717) is 6.42 Å². The van der Waals surface area contributed by atoms with Crippen LogP contribution in [0.15, 0.2) is 30.3 Å². The predicted octanol–water partition coefficient (Wildman–Crippen LogP) is 2.89. The normalized spacial score (nSPS) is 11.3. The molecular weight excluding hydrogens is 300 g/mol. The first-order valence-corrected chi connectivity index (χ1v) is 6.71. The Kier molecular flexibility index (Phi) is 7.25. The van der Waals surface area contributed by atoms with Crippen LogP contribution in [0.4, 0.5) is 4.79 Å². The van der Waals surface area contributed by atoms with Gasteiger partial charge in [0.15, 0.2) is 0 Å². The summed E-state index contributed by atoms with van der Waals surface area (Å²) in [6.07, 6.45) is -0.365. The minimum atomic E-state index is -1.82. The molecule has 0 bridgehead atoms. The van der Waals surface area contributed by atoms with Gasteiger partial charge in [-0.1, -0.05) is 31.5 Å². The molecule has 7 heteroatoms. The van der Waals surface area contributed by atoms with Gasteiger partial charge in [-0.15, -0.1) is 0 Å². The second kappa shape index (κ2) is 8.97. The second-order valence-electron chi connectivity index (χ2n) is 3.98. The van der Waals surface area contributed by atoms with Gasteiger partial charge < -0.3 is 14.2 Å². The summed E-state index contributed by atoms with van der Waals surface area (Å²) in [5.74, 6) is -1.81. The lowest BCUT2D eigenvalue weighted by Crippen LogP contribution is -2.33. The van der Waals surface area contributed by atoms with Gasteiger partial charge in [-0.3, -0.25) is 0 Å². The van der Waals surface area contributed by atoms with Crippen LogP contribution in [0.25, 0.3) is 0 Å². The lowest BCUT2D eigenvalue weighted by Gasteiger charge is -2.15. The van der Waals surface area contributed by atoms with E-state index in [1.165, 1.54) is 12.1 Å². The minimum Gasteiger partial charge on any atom is -0.460 e. The maximum atomic E-state index is 11.8. The van der Waals surface area contributed by atoms with Crippen molar-refractivity contribution in [3.05, 3.63) is 35.9 Å². The quantitative estimate of drug-likeness (QED) is 0.333. The fourth-order valence-corrected chi connectivity index (χ4v) is 1.41. The summed E-state index contributed by atoms with van der Waals surface area (Å²) in [5, 5.41) is 0. The van der Waals surface area contributed by atoms with Crippen molar-refractivity contribution < 1.29 is 28.6 Å². The van der Waals surface area contributed by atoms with Crippen LogP contribution < -0.4 is 0 Å². The predicted molar refractivity (Wildman–Crippen MR) is 73.8 cm³/mol. The summed E-state index contributed by atoms with van der Waals surface area (Å²) in [4.78, 5) is 34.2. The minimum absolute atomic E-state index is 0.133. The van der Waals surface area contributed by atoms with E-state index in [1.54, 1.807) is 18.2 Å². The van der Waals surface area contributed by atoms with E-state index in [2.05, 4.69) is 4.74 Å². The Morgan fingerprint density at radius 2 is 1.81 bits per heavy atom. The summed E-state index contributed by atoms with van der Waals surface area (Å²) >= 11 is 5.05. The standard InChI is InChI=1S/C14H15ClO6/c1-2-3-9-19-12(17)13(21-14(15)18)20-11(16)10-7-5-4-6-8-10/h4-8,13H,2-3,9H2,1H3. The molecule has 0 saturated carbocycles. The van der Waals surface area contributed by atoms with E-state index in [4.69, 9.17) is 21.1 Å². The van der Waals surface area contributed by atoms with E-state index >= 15 is 0 Å². The summed E-state index contributed by atoms with van der Waals surface area (Å²) in [6, 6.07) is 7.94. The Balaban J connectivity index is 2.67. The zero-order valence-corrected chi connectivity index (χ0v) is 12.2. The fourth-order valence-electron chi connectivity index (χ4n) is 1.33. The molecule has 0 heterocycles. The van der Waals surface area contributed by atoms with E-state index in [9.17, 15) is 14.4 Å². The molecular formula is C14H15ClO6. The van der Waals surface area contributed by atoms with Crippen LogP contribution in [0.3, 0.4) is 0 Å². The van der Waals surface area contributed by atoms with Gasteiger partial charge in [-0.25, -0.2) is 14.4 Å². The molecule has 0 spiro atoms. The lowest BCUT2D eigenvalue weighted by atomic mass is 10.2.